The van der Waals surface area contributed by atoms with E-state index in [0.717, 1.165) is 30.2 Å². The molecule has 0 radical (unpaired) electrons. The third-order valence-electron chi connectivity index (χ3n) is 6.50. The Kier molecular flexibility index (Phi) is 7.18. The Morgan fingerprint density at radius 3 is 2.61 bits per heavy atom. The molecule has 2 aromatic carbocycles. The van der Waals surface area contributed by atoms with Crippen LogP contribution in [-0.4, -0.2) is 38.9 Å². The van der Waals surface area contributed by atoms with E-state index < -0.39 is 0 Å². The van der Waals surface area contributed by atoms with Crippen LogP contribution in [0.15, 0.2) is 46.9 Å². The maximum absolute atomic E-state index is 13.0. The van der Waals surface area contributed by atoms with Gasteiger partial charge in [-0.25, -0.2) is 0 Å². The first kappa shape index (κ1) is 22.2. The van der Waals surface area contributed by atoms with Gasteiger partial charge in [0.15, 0.2) is 11.5 Å². The van der Waals surface area contributed by atoms with Gasteiger partial charge in [-0.15, -0.1) is 0 Å². The molecule has 0 aromatic heterocycles. The smallest absolute Gasteiger partial charge is 0.251 e. The topological polar surface area (TPSA) is 56.8 Å². The molecule has 1 heterocycles. The maximum Gasteiger partial charge on any atom is 0.251 e. The average molecular weight is 488 g/mol. The summed E-state index contributed by atoms with van der Waals surface area (Å²) in [6.07, 6.45) is 6.56. The lowest BCUT2D eigenvalue weighted by atomic mass is 9.74. The summed E-state index contributed by atoms with van der Waals surface area (Å²) in [6.45, 7) is 1.96. The maximum atomic E-state index is 13.0. The van der Waals surface area contributed by atoms with Gasteiger partial charge in [0.1, 0.15) is 0 Å². The van der Waals surface area contributed by atoms with Crippen molar-refractivity contribution in [1.29, 1.82) is 0 Å². The lowest BCUT2D eigenvalue weighted by Gasteiger charge is -2.38. The van der Waals surface area contributed by atoms with Crippen LogP contribution in [0.1, 0.15) is 54.4 Å². The minimum absolute atomic E-state index is 0.105. The Balaban J connectivity index is 1.47. The van der Waals surface area contributed by atoms with Gasteiger partial charge in [-0.1, -0.05) is 28.1 Å². The van der Waals surface area contributed by atoms with Gasteiger partial charge in [0.25, 0.3) is 5.91 Å². The van der Waals surface area contributed by atoms with E-state index in [4.69, 9.17) is 14.2 Å². The summed E-state index contributed by atoms with van der Waals surface area (Å²) in [4.78, 5) is 13.0. The molecule has 1 N–H and O–H groups in total. The summed E-state index contributed by atoms with van der Waals surface area (Å²) in [5.74, 6) is 1.21. The number of amides is 1. The van der Waals surface area contributed by atoms with E-state index in [1.54, 1.807) is 13.2 Å². The molecule has 2 fully saturated rings. The molecule has 31 heavy (non-hydrogen) atoms. The molecule has 5 nitrogen and oxygen atoms in total. The van der Waals surface area contributed by atoms with Crippen molar-refractivity contribution in [2.45, 2.75) is 50.0 Å². The summed E-state index contributed by atoms with van der Waals surface area (Å²) in [5.41, 5.74) is 1.67. The molecular weight excluding hydrogens is 458 g/mol. The van der Waals surface area contributed by atoms with Crippen LogP contribution in [-0.2, 0) is 10.2 Å². The van der Waals surface area contributed by atoms with Crippen molar-refractivity contribution >= 4 is 21.8 Å². The third kappa shape index (κ3) is 5.24. The minimum Gasteiger partial charge on any atom is -0.493 e. The highest BCUT2D eigenvalue weighted by Gasteiger charge is 2.35. The van der Waals surface area contributed by atoms with Gasteiger partial charge in [-0.3, -0.25) is 4.79 Å². The standard InChI is InChI=1S/C25H30BrNO4/c1-29-23-15-18(9-10-22(23)31-21-7-2-3-8-21)24(28)27-17-25(11-13-30-14-12-25)19-5-4-6-20(26)16-19/h4-6,9-10,15-16,21H,2-3,7-8,11-14,17H2,1H3,(H,27,28). The first-order valence-corrected chi connectivity index (χ1v) is 11.9. The lowest BCUT2D eigenvalue weighted by Crippen LogP contribution is -2.44. The Labute approximate surface area is 192 Å². The number of hydrogen-bond donors (Lipinski definition) is 1. The number of benzene rings is 2. The number of nitrogens with one attached hydrogen (secondary N) is 1. The number of rotatable bonds is 7. The number of methoxy groups -OCH3 is 1. The molecule has 0 bridgehead atoms. The number of halogens is 1. The zero-order valence-corrected chi connectivity index (χ0v) is 19.6. The fourth-order valence-electron chi connectivity index (χ4n) is 4.59. The van der Waals surface area contributed by atoms with Crippen LogP contribution in [0.5, 0.6) is 11.5 Å². The van der Waals surface area contributed by atoms with E-state index in [2.05, 4.69) is 33.4 Å². The van der Waals surface area contributed by atoms with E-state index in [0.29, 0.717) is 36.8 Å². The first-order chi connectivity index (χ1) is 15.1. The summed E-state index contributed by atoms with van der Waals surface area (Å²) >= 11 is 3.58. The van der Waals surface area contributed by atoms with Crippen molar-refractivity contribution in [2.24, 2.45) is 0 Å². The summed E-state index contributed by atoms with van der Waals surface area (Å²) < 4.78 is 18.3. The third-order valence-corrected chi connectivity index (χ3v) is 6.99. The number of hydrogen-bond acceptors (Lipinski definition) is 4. The Morgan fingerprint density at radius 2 is 1.90 bits per heavy atom. The molecule has 4 rings (SSSR count). The molecule has 0 spiro atoms. The highest BCUT2D eigenvalue weighted by Crippen LogP contribution is 2.36. The predicted octanol–water partition coefficient (Wildman–Crippen LogP) is 5.26. The molecule has 0 atom stereocenters. The van der Waals surface area contributed by atoms with Gasteiger partial charge in [0.05, 0.1) is 13.2 Å². The molecule has 1 aliphatic carbocycles. The second-order valence-corrected chi connectivity index (χ2v) is 9.39. The second-order valence-electron chi connectivity index (χ2n) is 8.48. The molecule has 166 valence electrons. The van der Waals surface area contributed by atoms with E-state index in [1.807, 2.05) is 24.3 Å². The minimum atomic E-state index is -0.132. The molecular formula is C25H30BrNO4. The van der Waals surface area contributed by atoms with Gasteiger partial charge < -0.3 is 19.5 Å². The number of carbonyl (C=O) groups excluding carboxylic acids is 1. The highest BCUT2D eigenvalue weighted by atomic mass is 79.9. The van der Waals surface area contributed by atoms with E-state index in [9.17, 15) is 4.79 Å². The van der Waals surface area contributed by atoms with Crippen LogP contribution >= 0.6 is 15.9 Å². The van der Waals surface area contributed by atoms with Crippen molar-refractivity contribution in [1.82, 2.24) is 5.32 Å². The predicted molar refractivity (Wildman–Crippen MR) is 124 cm³/mol. The van der Waals surface area contributed by atoms with Crippen molar-refractivity contribution in [3.8, 4) is 11.5 Å². The summed E-state index contributed by atoms with van der Waals surface area (Å²) in [5, 5.41) is 3.17. The van der Waals surface area contributed by atoms with Crippen LogP contribution in [0.3, 0.4) is 0 Å². The van der Waals surface area contributed by atoms with Crippen molar-refractivity contribution in [3.63, 3.8) is 0 Å². The van der Waals surface area contributed by atoms with Gasteiger partial charge in [0.2, 0.25) is 0 Å². The molecule has 2 aliphatic rings. The molecule has 0 unspecified atom stereocenters. The van der Waals surface area contributed by atoms with Gasteiger partial charge >= 0.3 is 0 Å². The molecule has 1 saturated heterocycles. The van der Waals surface area contributed by atoms with Gasteiger partial charge in [-0.2, -0.15) is 0 Å². The van der Waals surface area contributed by atoms with Gasteiger partial charge in [0, 0.05) is 35.2 Å². The lowest BCUT2D eigenvalue weighted by molar-refractivity contribution is 0.0487. The highest BCUT2D eigenvalue weighted by molar-refractivity contribution is 9.10. The average Bonchev–Trinajstić information content (AvgIpc) is 3.31. The quantitative estimate of drug-likeness (QED) is 0.578. The SMILES string of the molecule is COc1cc(C(=O)NCC2(c3cccc(Br)c3)CCOCC2)ccc1OC1CCCC1. The fourth-order valence-corrected chi connectivity index (χ4v) is 4.99. The molecule has 1 amide bonds. The molecule has 2 aromatic rings. The Morgan fingerprint density at radius 1 is 1.13 bits per heavy atom. The largest absolute Gasteiger partial charge is 0.493 e. The van der Waals surface area contributed by atoms with E-state index in [1.165, 1.54) is 18.4 Å². The summed E-state index contributed by atoms with van der Waals surface area (Å²) in [7, 11) is 1.61. The molecule has 1 saturated carbocycles. The molecule has 1 aliphatic heterocycles. The number of carbonyl (C=O) groups is 1. The van der Waals surface area contributed by atoms with Gasteiger partial charge in [-0.05, 0) is 74.4 Å². The monoisotopic (exact) mass is 487 g/mol. The van der Waals surface area contributed by atoms with Crippen LogP contribution in [0.4, 0.5) is 0 Å². The number of ether oxygens (including phenoxy) is 3. The van der Waals surface area contributed by atoms with Crippen LogP contribution in [0.2, 0.25) is 0 Å². The Bertz CT molecular complexity index is 904. The second kappa shape index (κ2) is 10.0. The van der Waals surface area contributed by atoms with Crippen molar-refractivity contribution in [3.05, 3.63) is 58.1 Å². The zero-order chi connectivity index (χ0) is 21.7. The fraction of sp³-hybridized carbons (Fsp3) is 0.480. The van der Waals surface area contributed by atoms with E-state index >= 15 is 0 Å². The van der Waals surface area contributed by atoms with Crippen LogP contribution in [0.25, 0.3) is 0 Å². The van der Waals surface area contributed by atoms with Crippen molar-refractivity contribution < 1.29 is 19.0 Å². The van der Waals surface area contributed by atoms with Crippen LogP contribution in [0, 0.1) is 0 Å². The van der Waals surface area contributed by atoms with E-state index in [-0.39, 0.29) is 17.4 Å². The zero-order valence-electron chi connectivity index (χ0n) is 18.0. The molecule has 6 heteroatoms. The van der Waals surface area contributed by atoms with Crippen LogP contribution < -0.4 is 14.8 Å². The Hall–Kier alpha value is -2.05. The first-order valence-electron chi connectivity index (χ1n) is 11.1. The summed E-state index contributed by atoms with van der Waals surface area (Å²) in [6, 6.07) is 13.8. The normalized spacial score (nSPS) is 18.5. The van der Waals surface area contributed by atoms with Crippen molar-refractivity contribution in [2.75, 3.05) is 26.9 Å².